The number of aryl methyl sites for hydroxylation is 1. The summed E-state index contributed by atoms with van der Waals surface area (Å²) in [6.07, 6.45) is 4.86. The Kier molecular flexibility index (Phi) is 7.91. The molecule has 1 saturated heterocycles. The molecule has 0 bridgehead atoms. The molecule has 0 unspecified atom stereocenters. The first-order valence-electron chi connectivity index (χ1n) is 7.21. The second-order valence-corrected chi connectivity index (χ2v) is 5.98. The molecular formula is C14H26ClN3S. The lowest BCUT2D eigenvalue weighted by Crippen LogP contribution is -2.43. The van der Waals surface area contributed by atoms with Crippen LogP contribution in [0.1, 0.15) is 43.8 Å². The van der Waals surface area contributed by atoms with Crippen LogP contribution in [0.15, 0.2) is 5.38 Å². The van der Waals surface area contributed by atoms with Gasteiger partial charge in [-0.1, -0.05) is 13.8 Å². The molecule has 0 spiro atoms. The molecular weight excluding hydrogens is 278 g/mol. The molecule has 0 radical (unpaired) electrons. The Bertz CT molecular complexity index is 350. The third kappa shape index (κ3) is 5.03. The van der Waals surface area contributed by atoms with Gasteiger partial charge in [0.25, 0.3) is 0 Å². The second-order valence-electron chi connectivity index (χ2n) is 5.04. The van der Waals surface area contributed by atoms with Crippen LogP contribution in [0.2, 0.25) is 0 Å². The van der Waals surface area contributed by atoms with Crippen molar-refractivity contribution in [3.8, 4) is 0 Å². The average molecular weight is 304 g/mol. The molecule has 2 rings (SSSR count). The molecule has 5 heteroatoms. The van der Waals surface area contributed by atoms with Gasteiger partial charge in [-0.15, -0.1) is 23.7 Å². The lowest BCUT2D eigenvalue weighted by molar-refractivity contribution is 0.152. The summed E-state index contributed by atoms with van der Waals surface area (Å²) in [4.78, 5) is 7.34. The van der Waals surface area contributed by atoms with Gasteiger partial charge in [0.1, 0.15) is 0 Å². The van der Waals surface area contributed by atoms with Crippen molar-refractivity contribution in [1.82, 2.24) is 15.2 Å². The summed E-state index contributed by atoms with van der Waals surface area (Å²) in [6.45, 7) is 9.02. The zero-order valence-electron chi connectivity index (χ0n) is 12.0. The SMILES string of the molecule is CCCN(Cc1csc(CC)n1)C1CCNCC1.Cl. The summed E-state index contributed by atoms with van der Waals surface area (Å²) < 4.78 is 0. The lowest BCUT2D eigenvalue weighted by atomic mass is 10.0. The van der Waals surface area contributed by atoms with E-state index in [1.807, 2.05) is 0 Å². The van der Waals surface area contributed by atoms with E-state index in [0.717, 1.165) is 19.0 Å². The van der Waals surface area contributed by atoms with Crippen LogP contribution < -0.4 is 5.32 Å². The Morgan fingerprint density at radius 1 is 1.37 bits per heavy atom. The largest absolute Gasteiger partial charge is 0.317 e. The van der Waals surface area contributed by atoms with Gasteiger partial charge in [-0.2, -0.15) is 0 Å². The van der Waals surface area contributed by atoms with E-state index in [9.17, 15) is 0 Å². The van der Waals surface area contributed by atoms with Gasteiger partial charge in [0, 0.05) is 18.0 Å². The molecule has 0 aromatic carbocycles. The van der Waals surface area contributed by atoms with Crippen molar-refractivity contribution in [2.24, 2.45) is 0 Å². The minimum Gasteiger partial charge on any atom is -0.317 e. The second kappa shape index (κ2) is 8.90. The highest BCUT2D eigenvalue weighted by atomic mass is 35.5. The molecule has 0 aliphatic carbocycles. The summed E-state index contributed by atoms with van der Waals surface area (Å²) in [5, 5.41) is 6.96. The van der Waals surface area contributed by atoms with Crippen molar-refractivity contribution in [3.63, 3.8) is 0 Å². The number of aromatic nitrogens is 1. The van der Waals surface area contributed by atoms with Crippen LogP contribution in [-0.4, -0.2) is 35.6 Å². The van der Waals surface area contributed by atoms with Gasteiger partial charge in [-0.05, 0) is 45.3 Å². The van der Waals surface area contributed by atoms with Gasteiger partial charge in [0.05, 0.1) is 10.7 Å². The van der Waals surface area contributed by atoms with E-state index in [-0.39, 0.29) is 12.4 Å². The summed E-state index contributed by atoms with van der Waals surface area (Å²) in [5.41, 5.74) is 1.27. The summed E-state index contributed by atoms with van der Waals surface area (Å²) in [7, 11) is 0. The highest BCUT2D eigenvalue weighted by Crippen LogP contribution is 2.18. The fraction of sp³-hybridized carbons (Fsp3) is 0.786. The third-order valence-electron chi connectivity index (χ3n) is 3.60. The van der Waals surface area contributed by atoms with Crippen LogP contribution in [0.5, 0.6) is 0 Å². The molecule has 19 heavy (non-hydrogen) atoms. The molecule has 0 saturated carbocycles. The Morgan fingerprint density at radius 2 is 2.11 bits per heavy atom. The number of hydrogen-bond donors (Lipinski definition) is 1. The van der Waals surface area contributed by atoms with Gasteiger partial charge in [0.15, 0.2) is 0 Å². The predicted molar refractivity (Wildman–Crippen MR) is 85.3 cm³/mol. The zero-order valence-corrected chi connectivity index (χ0v) is 13.7. The van der Waals surface area contributed by atoms with Crippen molar-refractivity contribution in [2.75, 3.05) is 19.6 Å². The smallest absolute Gasteiger partial charge is 0.0926 e. The van der Waals surface area contributed by atoms with Crippen LogP contribution in [0.25, 0.3) is 0 Å². The third-order valence-corrected chi connectivity index (χ3v) is 4.64. The van der Waals surface area contributed by atoms with Crippen LogP contribution >= 0.6 is 23.7 Å². The molecule has 2 heterocycles. The Labute approximate surface area is 127 Å². The lowest BCUT2D eigenvalue weighted by Gasteiger charge is -2.34. The first-order chi connectivity index (χ1) is 8.83. The highest BCUT2D eigenvalue weighted by Gasteiger charge is 2.21. The number of thiazole rings is 1. The van der Waals surface area contributed by atoms with E-state index in [1.165, 1.54) is 49.6 Å². The Balaban J connectivity index is 0.00000180. The number of nitrogens with one attached hydrogen (secondary N) is 1. The van der Waals surface area contributed by atoms with Crippen LogP contribution in [0.3, 0.4) is 0 Å². The van der Waals surface area contributed by atoms with Crippen LogP contribution in [-0.2, 0) is 13.0 Å². The van der Waals surface area contributed by atoms with Crippen molar-refractivity contribution in [1.29, 1.82) is 0 Å². The highest BCUT2D eigenvalue weighted by molar-refractivity contribution is 7.09. The van der Waals surface area contributed by atoms with Gasteiger partial charge < -0.3 is 5.32 Å². The van der Waals surface area contributed by atoms with E-state index in [0.29, 0.717) is 0 Å². The quantitative estimate of drug-likeness (QED) is 0.875. The van der Waals surface area contributed by atoms with Crippen molar-refractivity contribution < 1.29 is 0 Å². The van der Waals surface area contributed by atoms with E-state index >= 15 is 0 Å². The van der Waals surface area contributed by atoms with Gasteiger partial charge in [0.2, 0.25) is 0 Å². The molecule has 1 fully saturated rings. The van der Waals surface area contributed by atoms with Gasteiger partial charge in [-0.25, -0.2) is 4.98 Å². The topological polar surface area (TPSA) is 28.2 Å². The van der Waals surface area contributed by atoms with Gasteiger partial charge >= 0.3 is 0 Å². The van der Waals surface area contributed by atoms with E-state index in [1.54, 1.807) is 11.3 Å². The molecule has 0 amide bonds. The van der Waals surface area contributed by atoms with E-state index in [2.05, 4.69) is 29.4 Å². The molecule has 1 aromatic rings. The van der Waals surface area contributed by atoms with Crippen LogP contribution in [0, 0.1) is 0 Å². The molecule has 1 aliphatic heterocycles. The minimum atomic E-state index is 0. The zero-order chi connectivity index (χ0) is 12.8. The molecule has 3 nitrogen and oxygen atoms in total. The molecule has 1 aliphatic rings. The van der Waals surface area contributed by atoms with E-state index in [4.69, 9.17) is 4.98 Å². The Hall–Kier alpha value is -0.160. The normalized spacial score (nSPS) is 16.6. The van der Waals surface area contributed by atoms with Gasteiger partial charge in [-0.3, -0.25) is 4.90 Å². The van der Waals surface area contributed by atoms with Crippen LogP contribution in [0.4, 0.5) is 0 Å². The monoisotopic (exact) mass is 303 g/mol. The molecule has 1 aromatic heterocycles. The first kappa shape index (κ1) is 16.9. The van der Waals surface area contributed by atoms with Crippen molar-refractivity contribution >= 4 is 23.7 Å². The molecule has 110 valence electrons. The predicted octanol–water partition coefficient (Wildman–Crippen LogP) is 3.09. The minimum absolute atomic E-state index is 0. The fourth-order valence-electron chi connectivity index (χ4n) is 2.64. The Morgan fingerprint density at radius 3 is 2.68 bits per heavy atom. The summed E-state index contributed by atoms with van der Waals surface area (Å²) in [5.74, 6) is 0. The average Bonchev–Trinajstić information content (AvgIpc) is 2.87. The maximum atomic E-state index is 4.71. The van der Waals surface area contributed by atoms with Crippen molar-refractivity contribution in [3.05, 3.63) is 16.1 Å². The molecule has 1 N–H and O–H groups in total. The number of hydrogen-bond acceptors (Lipinski definition) is 4. The first-order valence-corrected chi connectivity index (χ1v) is 8.09. The summed E-state index contributed by atoms with van der Waals surface area (Å²) >= 11 is 1.81. The molecule has 0 atom stereocenters. The number of halogens is 1. The van der Waals surface area contributed by atoms with E-state index < -0.39 is 0 Å². The maximum Gasteiger partial charge on any atom is 0.0926 e. The number of piperidine rings is 1. The maximum absolute atomic E-state index is 4.71. The fourth-order valence-corrected chi connectivity index (χ4v) is 3.38. The number of nitrogens with zero attached hydrogens (tertiary/aromatic N) is 2. The standard InChI is InChI=1S/C14H25N3S.ClH/c1-3-9-17(13-5-7-15-8-6-13)10-12-11-18-14(4-2)16-12;/h11,13,15H,3-10H2,1-2H3;1H. The number of rotatable bonds is 6. The summed E-state index contributed by atoms with van der Waals surface area (Å²) in [6, 6.07) is 0.748. The van der Waals surface area contributed by atoms with Crippen molar-refractivity contribution in [2.45, 2.75) is 52.1 Å².